The lowest BCUT2D eigenvalue weighted by atomic mass is 10.1. The Morgan fingerprint density at radius 2 is 1.80 bits per heavy atom. The summed E-state index contributed by atoms with van der Waals surface area (Å²) in [5.41, 5.74) is 1.74. The Morgan fingerprint density at radius 1 is 1.07 bits per heavy atom. The summed E-state index contributed by atoms with van der Waals surface area (Å²) in [6.07, 6.45) is 0.928. The fourth-order valence-corrected chi connectivity index (χ4v) is 3.38. The number of nitrogens with zero attached hydrogens (tertiary/aromatic N) is 1. The van der Waals surface area contributed by atoms with Gasteiger partial charge in [-0.15, -0.1) is 0 Å². The van der Waals surface area contributed by atoms with E-state index in [0.29, 0.717) is 35.2 Å². The minimum absolute atomic E-state index is 0.0204. The van der Waals surface area contributed by atoms with Gasteiger partial charge >= 0.3 is 0 Å². The highest BCUT2D eigenvalue weighted by molar-refractivity contribution is 6.06. The van der Waals surface area contributed by atoms with Gasteiger partial charge in [0.1, 0.15) is 12.4 Å². The molecular formula is C24H31N3O3. The molecule has 1 aliphatic rings. The number of hydrogen-bond donors (Lipinski definition) is 2. The van der Waals surface area contributed by atoms with Crippen LogP contribution in [0.15, 0.2) is 48.5 Å². The number of benzene rings is 2. The first-order valence-corrected chi connectivity index (χ1v) is 10.7. The van der Waals surface area contributed by atoms with Crippen LogP contribution in [-0.4, -0.2) is 43.0 Å². The Kier molecular flexibility index (Phi) is 7.46. The van der Waals surface area contributed by atoms with Crippen LogP contribution in [0.2, 0.25) is 0 Å². The van der Waals surface area contributed by atoms with Gasteiger partial charge in [0.25, 0.3) is 5.91 Å². The van der Waals surface area contributed by atoms with Crippen LogP contribution >= 0.6 is 0 Å². The van der Waals surface area contributed by atoms with Gasteiger partial charge in [0, 0.05) is 23.7 Å². The summed E-state index contributed by atoms with van der Waals surface area (Å²) in [6.45, 7) is 9.65. The molecule has 0 aliphatic heterocycles. The molecular weight excluding hydrogens is 378 g/mol. The Balaban J connectivity index is 1.62. The van der Waals surface area contributed by atoms with E-state index in [-0.39, 0.29) is 17.7 Å². The molecule has 0 bridgehead atoms. The van der Waals surface area contributed by atoms with E-state index in [0.717, 1.165) is 26.1 Å². The van der Waals surface area contributed by atoms with Crippen molar-refractivity contribution in [2.75, 3.05) is 36.9 Å². The number of nitrogens with one attached hydrogen (secondary N) is 2. The first-order valence-electron chi connectivity index (χ1n) is 10.7. The topological polar surface area (TPSA) is 70.7 Å². The third-order valence-corrected chi connectivity index (χ3v) is 5.53. The van der Waals surface area contributed by atoms with Crippen LogP contribution in [0.1, 0.15) is 37.6 Å². The van der Waals surface area contributed by atoms with Crippen molar-refractivity contribution >= 4 is 23.2 Å². The molecule has 0 saturated heterocycles. The third-order valence-electron chi connectivity index (χ3n) is 5.53. The summed E-state index contributed by atoms with van der Waals surface area (Å²) in [4.78, 5) is 27.2. The molecule has 2 amide bonds. The van der Waals surface area contributed by atoms with Gasteiger partial charge in [-0.1, -0.05) is 39.0 Å². The molecule has 2 N–H and O–H groups in total. The number of ether oxygens (including phenoxy) is 1. The normalized spacial score (nSPS) is 17.5. The van der Waals surface area contributed by atoms with Crippen molar-refractivity contribution in [2.45, 2.75) is 27.2 Å². The predicted octanol–water partition coefficient (Wildman–Crippen LogP) is 4.25. The average Bonchev–Trinajstić information content (AvgIpc) is 3.49. The maximum absolute atomic E-state index is 12.8. The lowest BCUT2D eigenvalue weighted by molar-refractivity contribution is -0.117. The monoisotopic (exact) mass is 409 g/mol. The van der Waals surface area contributed by atoms with Crippen LogP contribution in [-0.2, 0) is 4.79 Å². The zero-order valence-corrected chi connectivity index (χ0v) is 18.0. The van der Waals surface area contributed by atoms with Gasteiger partial charge in [-0.3, -0.25) is 9.59 Å². The molecule has 1 fully saturated rings. The van der Waals surface area contributed by atoms with E-state index >= 15 is 0 Å². The lowest BCUT2D eigenvalue weighted by Crippen LogP contribution is -2.28. The Bertz CT molecular complexity index is 880. The number of carbonyl (C=O) groups is 2. The zero-order chi connectivity index (χ0) is 21.5. The zero-order valence-electron chi connectivity index (χ0n) is 18.0. The molecule has 2 aromatic rings. The standard InChI is InChI=1S/C24H31N3O3/c1-4-27(5-2)13-14-30-22-12-7-6-11-21(22)26-23(28)18-9-8-10-19(16-18)25-24(29)20-15-17(20)3/h6-12,16-17,20H,4-5,13-15H2,1-3H3,(H,25,29)(H,26,28). The van der Waals surface area contributed by atoms with E-state index in [2.05, 4.69) is 36.3 Å². The molecule has 0 aromatic heterocycles. The van der Waals surface area contributed by atoms with Crippen LogP contribution in [0.5, 0.6) is 5.75 Å². The van der Waals surface area contributed by atoms with Gasteiger partial charge in [-0.25, -0.2) is 0 Å². The highest BCUT2D eigenvalue weighted by Gasteiger charge is 2.39. The summed E-state index contributed by atoms with van der Waals surface area (Å²) in [5, 5.41) is 5.83. The van der Waals surface area contributed by atoms with E-state index in [1.165, 1.54) is 0 Å². The van der Waals surface area contributed by atoms with Gasteiger partial charge in [0.05, 0.1) is 5.69 Å². The number of hydrogen-bond acceptors (Lipinski definition) is 4. The van der Waals surface area contributed by atoms with E-state index in [1.54, 1.807) is 24.3 Å². The smallest absolute Gasteiger partial charge is 0.255 e. The van der Waals surface area contributed by atoms with E-state index in [9.17, 15) is 9.59 Å². The molecule has 6 heteroatoms. The molecule has 0 spiro atoms. The molecule has 2 aromatic carbocycles. The molecule has 2 unspecified atom stereocenters. The summed E-state index contributed by atoms with van der Waals surface area (Å²) in [6, 6.07) is 14.4. The maximum Gasteiger partial charge on any atom is 0.255 e. The summed E-state index contributed by atoms with van der Waals surface area (Å²) >= 11 is 0. The molecule has 0 heterocycles. The number of carbonyl (C=O) groups excluding carboxylic acids is 2. The molecule has 1 saturated carbocycles. The number of likely N-dealkylation sites (N-methyl/N-ethyl adjacent to an activating group) is 1. The average molecular weight is 410 g/mol. The summed E-state index contributed by atoms with van der Waals surface area (Å²) in [7, 11) is 0. The number of anilines is 2. The quantitative estimate of drug-likeness (QED) is 0.615. The van der Waals surface area contributed by atoms with Crippen LogP contribution < -0.4 is 15.4 Å². The van der Waals surface area contributed by atoms with Crippen LogP contribution in [0.4, 0.5) is 11.4 Å². The van der Waals surface area contributed by atoms with E-state index in [1.807, 2.05) is 24.3 Å². The second-order valence-electron chi connectivity index (χ2n) is 7.72. The maximum atomic E-state index is 12.8. The minimum Gasteiger partial charge on any atom is -0.490 e. The third kappa shape index (κ3) is 5.83. The van der Waals surface area contributed by atoms with E-state index < -0.39 is 0 Å². The SMILES string of the molecule is CCN(CC)CCOc1ccccc1NC(=O)c1cccc(NC(=O)C2CC2C)c1. The summed E-state index contributed by atoms with van der Waals surface area (Å²) < 4.78 is 5.91. The van der Waals surface area contributed by atoms with Gasteiger partial charge < -0.3 is 20.3 Å². The number of amides is 2. The van der Waals surface area contributed by atoms with Crippen LogP contribution in [0.3, 0.4) is 0 Å². The first kappa shape index (κ1) is 21.8. The van der Waals surface area contributed by atoms with Crippen molar-refractivity contribution in [1.82, 2.24) is 4.90 Å². The van der Waals surface area contributed by atoms with Crippen molar-refractivity contribution in [2.24, 2.45) is 11.8 Å². The van der Waals surface area contributed by atoms with Gasteiger partial charge in [0.15, 0.2) is 0 Å². The second-order valence-corrected chi connectivity index (χ2v) is 7.72. The Labute approximate surface area is 178 Å². The Morgan fingerprint density at radius 3 is 2.50 bits per heavy atom. The van der Waals surface area contributed by atoms with Crippen molar-refractivity contribution in [3.63, 3.8) is 0 Å². The largest absolute Gasteiger partial charge is 0.490 e. The van der Waals surface area contributed by atoms with Crippen molar-refractivity contribution in [3.05, 3.63) is 54.1 Å². The molecule has 6 nitrogen and oxygen atoms in total. The Hall–Kier alpha value is -2.86. The van der Waals surface area contributed by atoms with Gasteiger partial charge in [-0.05, 0) is 55.8 Å². The second kappa shape index (κ2) is 10.3. The fraction of sp³-hybridized carbons (Fsp3) is 0.417. The van der Waals surface area contributed by atoms with Crippen molar-refractivity contribution in [3.8, 4) is 5.75 Å². The molecule has 0 radical (unpaired) electrons. The van der Waals surface area contributed by atoms with Crippen molar-refractivity contribution in [1.29, 1.82) is 0 Å². The van der Waals surface area contributed by atoms with Gasteiger partial charge in [0.2, 0.25) is 5.91 Å². The van der Waals surface area contributed by atoms with Crippen molar-refractivity contribution < 1.29 is 14.3 Å². The number of para-hydroxylation sites is 2. The lowest BCUT2D eigenvalue weighted by Gasteiger charge is -2.19. The highest BCUT2D eigenvalue weighted by Crippen LogP contribution is 2.38. The van der Waals surface area contributed by atoms with E-state index in [4.69, 9.17) is 4.74 Å². The minimum atomic E-state index is -0.245. The first-order chi connectivity index (χ1) is 14.5. The highest BCUT2D eigenvalue weighted by atomic mass is 16.5. The van der Waals surface area contributed by atoms with Gasteiger partial charge in [-0.2, -0.15) is 0 Å². The summed E-state index contributed by atoms with van der Waals surface area (Å²) in [5.74, 6) is 0.945. The number of rotatable bonds is 10. The predicted molar refractivity (Wildman–Crippen MR) is 120 cm³/mol. The van der Waals surface area contributed by atoms with Crippen LogP contribution in [0, 0.1) is 11.8 Å². The molecule has 160 valence electrons. The molecule has 30 heavy (non-hydrogen) atoms. The molecule has 2 atom stereocenters. The van der Waals surface area contributed by atoms with Crippen LogP contribution in [0.25, 0.3) is 0 Å². The fourth-order valence-electron chi connectivity index (χ4n) is 3.38. The molecule has 3 rings (SSSR count). The molecule has 1 aliphatic carbocycles.